The number of nitrogens with zero attached hydrogens (tertiary/aromatic N) is 4. The first-order chi connectivity index (χ1) is 16.5. The second kappa shape index (κ2) is 12.7. The average Bonchev–Trinajstić information content (AvgIpc) is 3.38. The molecule has 4 aliphatic rings. The Morgan fingerprint density at radius 2 is 1.70 bits per heavy atom. The van der Waals surface area contributed by atoms with Gasteiger partial charge in [-0.2, -0.15) is 0 Å². The monoisotopic (exact) mass is 551 g/mol. The maximum absolute atomic E-state index is 12.2. The maximum atomic E-state index is 12.2. The summed E-state index contributed by atoms with van der Waals surface area (Å²) in [5.41, 5.74) is 0.300. The third-order valence-corrected chi connectivity index (χ3v) is 8.30. The Labute approximate surface area is 231 Å². The Morgan fingerprint density at radius 3 is 2.24 bits per heavy atom. The molecule has 4 aliphatic carbocycles. The van der Waals surface area contributed by atoms with Crippen molar-refractivity contribution in [2.75, 3.05) is 12.4 Å². The van der Waals surface area contributed by atoms with Crippen LogP contribution in [0.1, 0.15) is 83.0 Å². The fourth-order valence-corrected chi connectivity index (χ4v) is 6.26. The van der Waals surface area contributed by atoms with Crippen LogP contribution in [-0.4, -0.2) is 54.8 Å². The van der Waals surface area contributed by atoms with Crippen LogP contribution in [0.3, 0.4) is 0 Å². The van der Waals surface area contributed by atoms with E-state index in [0.717, 1.165) is 12.8 Å². The van der Waals surface area contributed by atoms with Crippen LogP contribution < -0.4 is 5.32 Å². The molecule has 0 aromatic carbocycles. The van der Waals surface area contributed by atoms with Crippen molar-refractivity contribution in [3.63, 3.8) is 0 Å². The molecule has 2 aromatic heterocycles. The van der Waals surface area contributed by atoms with Crippen molar-refractivity contribution in [2.24, 2.45) is 17.3 Å². The molecule has 0 saturated heterocycles. The van der Waals surface area contributed by atoms with Gasteiger partial charge in [-0.25, -0.2) is 15.0 Å². The van der Waals surface area contributed by atoms with Gasteiger partial charge in [-0.15, -0.1) is 0 Å². The van der Waals surface area contributed by atoms with Gasteiger partial charge in [0.1, 0.15) is 11.9 Å². The molecular formula is C28H41FeN5O3. The van der Waals surface area contributed by atoms with Gasteiger partial charge in [-0.3, -0.25) is 4.79 Å². The molecule has 4 saturated carbocycles. The first-order valence-electron chi connectivity index (χ1n) is 12.8. The minimum atomic E-state index is -1.07. The van der Waals surface area contributed by atoms with E-state index in [4.69, 9.17) is 0 Å². The van der Waals surface area contributed by atoms with Crippen molar-refractivity contribution >= 4 is 22.8 Å². The quantitative estimate of drug-likeness (QED) is 0.299. The number of aromatic nitrogens is 4. The van der Waals surface area contributed by atoms with E-state index in [2.05, 4.69) is 32.1 Å². The Hall–Kier alpha value is -1.98. The summed E-state index contributed by atoms with van der Waals surface area (Å²) < 4.78 is 1.79. The molecule has 37 heavy (non-hydrogen) atoms. The van der Waals surface area contributed by atoms with Crippen molar-refractivity contribution in [1.29, 1.82) is 0 Å². The van der Waals surface area contributed by atoms with Crippen molar-refractivity contribution in [3.8, 4) is 11.8 Å². The number of hydrogen-bond donors (Lipinski definition) is 3. The molecule has 4 fully saturated rings. The summed E-state index contributed by atoms with van der Waals surface area (Å²) in [6, 6.07) is -0.450. The molecule has 0 spiro atoms. The van der Waals surface area contributed by atoms with Crippen molar-refractivity contribution in [3.05, 3.63) is 27.0 Å². The molecule has 0 aliphatic heterocycles. The molecule has 2 unspecified atom stereocenters. The van der Waals surface area contributed by atoms with Crippen LogP contribution in [0.5, 0.6) is 0 Å². The number of carbonyl (C=O) groups excluding carboxylic acids is 1. The number of aliphatic hydroxyl groups excluding tert-OH is 2. The van der Waals surface area contributed by atoms with Crippen LogP contribution in [0.25, 0.3) is 11.2 Å². The number of imidazole rings is 1. The van der Waals surface area contributed by atoms with Gasteiger partial charge in [0.25, 0.3) is 0 Å². The zero-order valence-corrected chi connectivity index (χ0v) is 23.6. The van der Waals surface area contributed by atoms with Crippen LogP contribution in [0.15, 0.2) is 6.33 Å². The summed E-state index contributed by atoms with van der Waals surface area (Å²) in [5, 5.41) is 24.3. The smallest absolute Gasteiger partial charge is 0.389 e. The summed E-state index contributed by atoms with van der Waals surface area (Å²) in [6.07, 6.45) is 12.2. The van der Waals surface area contributed by atoms with Crippen molar-refractivity contribution in [2.45, 2.75) is 89.4 Å². The van der Waals surface area contributed by atoms with E-state index in [-0.39, 0.29) is 43.6 Å². The maximum Gasteiger partial charge on any atom is 2.00 e. The predicted molar refractivity (Wildman–Crippen MR) is 142 cm³/mol. The summed E-state index contributed by atoms with van der Waals surface area (Å²) in [5.74, 6) is 7.58. The largest absolute Gasteiger partial charge is 2.00 e. The van der Waals surface area contributed by atoms with Gasteiger partial charge in [-0.1, -0.05) is 50.9 Å². The van der Waals surface area contributed by atoms with Gasteiger partial charge in [0.2, 0.25) is 5.82 Å². The van der Waals surface area contributed by atoms with E-state index in [1.54, 1.807) is 17.9 Å². The molecule has 8 nitrogen and oxygen atoms in total. The zero-order chi connectivity index (χ0) is 23.9. The number of anilines is 1. The molecule has 0 bridgehead atoms. The van der Waals surface area contributed by atoms with Gasteiger partial charge in [0, 0.05) is 13.0 Å². The van der Waals surface area contributed by atoms with Crippen LogP contribution in [0, 0.1) is 43.9 Å². The predicted octanol–water partition coefficient (Wildman–Crippen LogP) is 4.13. The van der Waals surface area contributed by atoms with Crippen molar-refractivity contribution < 1.29 is 32.1 Å². The van der Waals surface area contributed by atoms with E-state index in [9.17, 15) is 15.0 Å². The van der Waals surface area contributed by atoms with Crippen molar-refractivity contribution in [1.82, 2.24) is 19.5 Å². The second-order valence-electron chi connectivity index (χ2n) is 10.3. The zero-order valence-electron chi connectivity index (χ0n) is 22.5. The first-order valence-corrected chi connectivity index (χ1v) is 12.8. The molecule has 2 aromatic rings. The average molecular weight is 552 g/mol. The fourth-order valence-electron chi connectivity index (χ4n) is 6.26. The topological polar surface area (TPSA) is 113 Å². The van der Waals surface area contributed by atoms with Crippen LogP contribution in [0.4, 0.5) is 5.82 Å². The van der Waals surface area contributed by atoms with Crippen LogP contribution in [0.2, 0.25) is 0 Å². The summed E-state index contributed by atoms with van der Waals surface area (Å²) in [7, 11) is 1.77. The van der Waals surface area contributed by atoms with E-state index < -0.39 is 23.7 Å². The van der Waals surface area contributed by atoms with Gasteiger partial charge < -0.3 is 35.0 Å². The molecule has 3 N–H and O–H groups in total. The molecule has 5 atom stereocenters. The Bertz CT molecular complexity index is 1120. The Balaban J connectivity index is 0.000000542. The Kier molecular flexibility index (Phi) is 10.7. The summed E-state index contributed by atoms with van der Waals surface area (Å²) in [4.78, 5) is 25.7. The number of aliphatic hydroxyl groups is 2. The second-order valence-corrected chi connectivity index (χ2v) is 10.3. The molecule has 9 heteroatoms. The van der Waals surface area contributed by atoms with E-state index in [0.29, 0.717) is 35.1 Å². The summed E-state index contributed by atoms with van der Waals surface area (Å²) >= 11 is 0. The van der Waals surface area contributed by atoms with Gasteiger partial charge in [0.05, 0.1) is 23.9 Å². The molecule has 204 valence electrons. The Morgan fingerprint density at radius 1 is 1.08 bits per heavy atom. The van der Waals surface area contributed by atoms with Crippen LogP contribution >= 0.6 is 0 Å². The number of Topliss-reactive ketones (excluding diaryl/α,β-unsaturated/α-hetero) is 1. The molecular weight excluding hydrogens is 510 g/mol. The van der Waals surface area contributed by atoms with Gasteiger partial charge in [-0.05, 0) is 38.0 Å². The summed E-state index contributed by atoms with van der Waals surface area (Å²) in [6.45, 7) is 1.49. The van der Waals surface area contributed by atoms with E-state index in [1.165, 1.54) is 51.9 Å². The van der Waals surface area contributed by atoms with Gasteiger partial charge in [0.15, 0.2) is 17.0 Å². The number of rotatable bonds is 3. The normalized spacial score (nSPS) is 29.4. The van der Waals surface area contributed by atoms with Crippen LogP contribution in [-0.2, 0) is 21.9 Å². The number of hydrogen-bond acceptors (Lipinski definition) is 7. The molecule has 0 radical (unpaired) electrons. The number of fused-ring (bicyclic) bond motifs is 2. The van der Waals surface area contributed by atoms with E-state index >= 15 is 0 Å². The SMILES string of the molecule is C1CCCC1.CNc1nc(C#CC2CCCC2)nc2c1ncn2[C@@H]1C2C[C@@]2(C(C)=O)C(O)[C@H]1O.[CH3-].[CH3-].[Fe+2]. The number of ketones is 1. The molecule has 6 rings (SSSR count). The van der Waals surface area contributed by atoms with Gasteiger partial charge >= 0.3 is 17.1 Å². The standard InChI is InChI=1S/C21H25N5O3.C5H10.2CH3.Fe/c1-11(27)21-9-13(21)16(17(28)18(21)29)26-10-23-15-19(22-2)24-14(25-20(15)26)8-7-12-5-3-4-6-12;1-2-4-5-3-1;;;/h10,12-13,16-18,28-29H,3-6,9H2,1-2H3,(H,22,24,25);1-5H2;2*1H3;/q;;2*-1;+2/t13?,16-,17+,18?,21+;;;;/m1..../s1. The first kappa shape index (κ1) is 31.2. The molecule has 2 heterocycles. The fraction of sp³-hybridized carbons (Fsp3) is 0.643. The minimum Gasteiger partial charge on any atom is -0.389 e. The number of carbonyl (C=O) groups is 1. The third kappa shape index (κ3) is 5.59. The third-order valence-electron chi connectivity index (χ3n) is 8.30. The van der Waals surface area contributed by atoms with E-state index in [1.807, 2.05) is 0 Å². The molecule has 0 amide bonds. The minimum absolute atomic E-state index is 0. The number of nitrogens with one attached hydrogen (secondary N) is 1.